The lowest BCUT2D eigenvalue weighted by molar-refractivity contribution is -0.141. The molecule has 2 aromatic carbocycles. The van der Waals surface area contributed by atoms with E-state index in [1.165, 1.54) is 11.8 Å². The summed E-state index contributed by atoms with van der Waals surface area (Å²) in [7, 11) is 0. The van der Waals surface area contributed by atoms with Crippen LogP contribution >= 0.6 is 11.6 Å². The topological polar surface area (TPSA) is 66.8 Å². The van der Waals surface area contributed by atoms with E-state index in [4.69, 9.17) is 16.3 Å². The Hall–Kier alpha value is -2.63. The molecule has 3 rings (SSSR count). The minimum Gasteiger partial charge on any atom is -0.489 e. The molecule has 0 aromatic heterocycles. The Morgan fingerprint density at radius 1 is 1.30 bits per heavy atom. The maximum atomic E-state index is 13.1. The average molecular weight is 386 g/mol. The van der Waals surface area contributed by atoms with Crippen LogP contribution in [0.1, 0.15) is 24.5 Å². The smallest absolute Gasteiger partial charge is 0.264 e. The van der Waals surface area contributed by atoms with Crippen LogP contribution in [-0.4, -0.2) is 23.4 Å². The summed E-state index contributed by atoms with van der Waals surface area (Å²) in [5, 5.41) is 11.4. The second kappa shape index (κ2) is 7.55. The lowest BCUT2D eigenvalue weighted by Gasteiger charge is -2.23. The lowest BCUT2D eigenvalue weighted by atomic mass is 9.90. The second-order valence-corrected chi connectivity index (χ2v) is 6.88. The Kier molecular flexibility index (Phi) is 5.35. The van der Waals surface area contributed by atoms with Gasteiger partial charge >= 0.3 is 0 Å². The number of Topliss-reactive ketones (excluding diaryl/α,β-unsaturated/α-hetero) is 1. The molecule has 6 heteroatoms. The maximum Gasteiger partial charge on any atom is 0.264 e. The highest BCUT2D eigenvalue weighted by Crippen LogP contribution is 2.47. The first-order chi connectivity index (χ1) is 12.9. The van der Waals surface area contributed by atoms with Gasteiger partial charge in [0.25, 0.3) is 5.91 Å². The predicted molar refractivity (Wildman–Crippen MR) is 104 cm³/mol. The van der Waals surface area contributed by atoms with Crippen molar-refractivity contribution < 1.29 is 19.4 Å². The molecule has 140 valence electrons. The van der Waals surface area contributed by atoms with Crippen LogP contribution < -0.4 is 9.64 Å². The number of fused-ring (bicyclic) bond motifs is 1. The van der Waals surface area contributed by atoms with Crippen LogP contribution in [0.5, 0.6) is 5.75 Å². The van der Waals surface area contributed by atoms with Gasteiger partial charge in [0, 0.05) is 17.5 Å². The summed E-state index contributed by atoms with van der Waals surface area (Å²) in [6, 6.07) is 12.2. The quantitative estimate of drug-likeness (QED) is 0.739. The molecule has 1 heterocycles. The van der Waals surface area contributed by atoms with Crippen LogP contribution in [0, 0.1) is 0 Å². The van der Waals surface area contributed by atoms with Gasteiger partial charge in [0.2, 0.25) is 0 Å². The van der Waals surface area contributed by atoms with Gasteiger partial charge in [-0.1, -0.05) is 54.6 Å². The van der Waals surface area contributed by atoms with Crippen molar-refractivity contribution in [1.29, 1.82) is 0 Å². The van der Waals surface area contributed by atoms with Crippen LogP contribution in [0.25, 0.3) is 0 Å². The number of benzene rings is 2. The van der Waals surface area contributed by atoms with Gasteiger partial charge in [-0.05, 0) is 19.1 Å². The van der Waals surface area contributed by atoms with Crippen molar-refractivity contribution >= 4 is 29.0 Å². The highest BCUT2D eigenvalue weighted by atomic mass is 35.5. The molecule has 1 amide bonds. The van der Waals surface area contributed by atoms with E-state index in [1.54, 1.807) is 30.3 Å². The van der Waals surface area contributed by atoms with E-state index in [1.807, 2.05) is 18.2 Å². The number of carbonyl (C=O) groups excluding carboxylic acids is 2. The van der Waals surface area contributed by atoms with Gasteiger partial charge in [-0.2, -0.15) is 0 Å². The summed E-state index contributed by atoms with van der Waals surface area (Å²) >= 11 is 6.35. The number of hydrogen-bond acceptors (Lipinski definition) is 4. The third-order valence-electron chi connectivity index (χ3n) is 4.46. The molecule has 0 bridgehead atoms. The Morgan fingerprint density at radius 3 is 2.74 bits per heavy atom. The summed E-state index contributed by atoms with van der Waals surface area (Å²) < 4.78 is 5.66. The summed E-state index contributed by atoms with van der Waals surface area (Å²) in [6.45, 7) is 5.47. The summed E-state index contributed by atoms with van der Waals surface area (Å²) in [5.41, 5.74) is -0.389. The number of amides is 1. The van der Waals surface area contributed by atoms with Crippen molar-refractivity contribution in [2.24, 2.45) is 0 Å². The normalized spacial score (nSPS) is 18.3. The zero-order valence-corrected chi connectivity index (χ0v) is 15.7. The number of halogens is 1. The zero-order chi connectivity index (χ0) is 19.6. The van der Waals surface area contributed by atoms with Gasteiger partial charge in [-0.15, -0.1) is 0 Å². The standard InChI is InChI=1S/C21H20ClNO4/c1-3-11-27-18-10-5-4-7-15(18)13-23-19-16(8-6-9-17(19)22)21(26,20(23)25)12-14(2)24/h3-10,26H,1,11-13H2,2H3/t21-/m0/s1. The van der Waals surface area contributed by atoms with Crippen LogP contribution in [0.2, 0.25) is 5.02 Å². The minimum absolute atomic E-state index is 0.156. The molecular formula is C21H20ClNO4. The van der Waals surface area contributed by atoms with Crippen molar-refractivity contribution in [2.45, 2.75) is 25.5 Å². The van der Waals surface area contributed by atoms with E-state index >= 15 is 0 Å². The average Bonchev–Trinajstić information content (AvgIpc) is 2.83. The van der Waals surface area contributed by atoms with Gasteiger partial charge in [-0.25, -0.2) is 0 Å². The van der Waals surface area contributed by atoms with Gasteiger partial charge in [-0.3, -0.25) is 9.59 Å². The number of ketones is 1. The van der Waals surface area contributed by atoms with Gasteiger partial charge in [0.15, 0.2) is 5.60 Å². The molecule has 0 radical (unpaired) electrons. The van der Waals surface area contributed by atoms with Crippen LogP contribution in [0.4, 0.5) is 5.69 Å². The van der Waals surface area contributed by atoms with E-state index < -0.39 is 11.5 Å². The summed E-state index contributed by atoms with van der Waals surface area (Å²) in [6.07, 6.45) is 1.33. The van der Waals surface area contributed by atoms with Gasteiger partial charge in [0.1, 0.15) is 18.1 Å². The Balaban J connectivity index is 2.04. The van der Waals surface area contributed by atoms with Gasteiger partial charge < -0.3 is 14.7 Å². The lowest BCUT2D eigenvalue weighted by Crippen LogP contribution is -2.41. The molecule has 1 aliphatic rings. The van der Waals surface area contributed by atoms with Crippen molar-refractivity contribution in [3.05, 3.63) is 71.3 Å². The molecule has 0 aliphatic carbocycles. The fourth-order valence-corrected chi connectivity index (χ4v) is 3.62. The van der Waals surface area contributed by atoms with Crippen molar-refractivity contribution in [2.75, 3.05) is 11.5 Å². The number of anilines is 1. The number of rotatable bonds is 7. The summed E-state index contributed by atoms with van der Waals surface area (Å²) in [5.74, 6) is -0.242. The molecule has 2 aromatic rings. The zero-order valence-electron chi connectivity index (χ0n) is 14.9. The molecule has 0 spiro atoms. The van der Waals surface area contributed by atoms with E-state index in [0.29, 0.717) is 28.6 Å². The highest BCUT2D eigenvalue weighted by molar-refractivity contribution is 6.35. The molecule has 1 atom stereocenters. The molecule has 0 saturated heterocycles. The number of nitrogens with zero attached hydrogens (tertiary/aromatic N) is 1. The largest absolute Gasteiger partial charge is 0.489 e. The number of ether oxygens (including phenoxy) is 1. The summed E-state index contributed by atoms with van der Waals surface area (Å²) in [4.78, 5) is 26.2. The molecule has 0 unspecified atom stereocenters. The Morgan fingerprint density at radius 2 is 2.04 bits per heavy atom. The number of hydrogen-bond donors (Lipinski definition) is 1. The highest BCUT2D eigenvalue weighted by Gasteiger charge is 2.51. The maximum absolute atomic E-state index is 13.1. The van der Waals surface area contributed by atoms with E-state index in [2.05, 4.69) is 6.58 Å². The SMILES string of the molecule is C=CCOc1ccccc1CN1C(=O)[C@](O)(CC(C)=O)c2cccc(Cl)c21. The first-order valence-corrected chi connectivity index (χ1v) is 8.90. The third-order valence-corrected chi connectivity index (χ3v) is 4.77. The van der Waals surface area contributed by atoms with Crippen LogP contribution in [-0.2, 0) is 21.7 Å². The molecule has 1 aliphatic heterocycles. The predicted octanol–water partition coefficient (Wildman–Crippen LogP) is 3.62. The molecule has 0 fully saturated rings. The molecule has 27 heavy (non-hydrogen) atoms. The fourth-order valence-electron chi connectivity index (χ4n) is 3.34. The minimum atomic E-state index is -1.91. The van der Waals surface area contributed by atoms with Crippen molar-refractivity contribution in [3.8, 4) is 5.75 Å². The second-order valence-electron chi connectivity index (χ2n) is 6.47. The fraction of sp³-hybridized carbons (Fsp3) is 0.238. The third kappa shape index (κ3) is 3.48. The van der Waals surface area contributed by atoms with Crippen molar-refractivity contribution in [1.82, 2.24) is 0 Å². The van der Waals surface area contributed by atoms with Gasteiger partial charge in [0.05, 0.1) is 17.3 Å². The number of carbonyl (C=O) groups is 2. The first-order valence-electron chi connectivity index (χ1n) is 8.53. The Labute approximate surface area is 162 Å². The van der Waals surface area contributed by atoms with E-state index in [9.17, 15) is 14.7 Å². The monoisotopic (exact) mass is 385 g/mol. The first kappa shape index (κ1) is 19.1. The van der Waals surface area contributed by atoms with E-state index in [-0.39, 0.29) is 18.7 Å². The molecule has 5 nitrogen and oxygen atoms in total. The molecule has 1 N–H and O–H groups in total. The van der Waals surface area contributed by atoms with Crippen molar-refractivity contribution in [3.63, 3.8) is 0 Å². The van der Waals surface area contributed by atoms with E-state index in [0.717, 1.165) is 5.56 Å². The number of aliphatic hydroxyl groups is 1. The van der Waals surface area contributed by atoms with Crippen LogP contribution in [0.3, 0.4) is 0 Å². The Bertz CT molecular complexity index is 911. The number of para-hydroxylation sites is 2. The molecule has 0 saturated carbocycles. The molecular weight excluding hydrogens is 366 g/mol. The van der Waals surface area contributed by atoms with Crippen LogP contribution in [0.15, 0.2) is 55.1 Å².